The number of ether oxygens (including phenoxy) is 1. The van der Waals surface area contributed by atoms with Gasteiger partial charge in [-0.2, -0.15) is 0 Å². The van der Waals surface area contributed by atoms with Gasteiger partial charge in [-0.3, -0.25) is 4.90 Å². The van der Waals surface area contributed by atoms with Crippen molar-refractivity contribution in [2.75, 3.05) is 33.3 Å². The summed E-state index contributed by atoms with van der Waals surface area (Å²) in [6, 6.07) is 14.1. The van der Waals surface area contributed by atoms with E-state index in [0.29, 0.717) is 10.0 Å². The first-order valence-corrected chi connectivity index (χ1v) is 8.98. The number of rotatable bonds is 4. The van der Waals surface area contributed by atoms with Gasteiger partial charge in [0.05, 0.1) is 13.2 Å². The SMILES string of the molecule is COc1ccc(C(c2ccc(Cl)cc2Cl)N2CCCNCC2)cc1. The number of hydrogen-bond acceptors (Lipinski definition) is 3. The molecule has 0 saturated carbocycles. The van der Waals surface area contributed by atoms with Crippen molar-refractivity contribution in [3.8, 4) is 5.75 Å². The fraction of sp³-hybridized carbons (Fsp3) is 0.368. The molecule has 0 amide bonds. The summed E-state index contributed by atoms with van der Waals surface area (Å²) in [5.41, 5.74) is 2.30. The van der Waals surface area contributed by atoms with E-state index in [1.807, 2.05) is 30.3 Å². The molecule has 5 heteroatoms. The van der Waals surface area contributed by atoms with Crippen LogP contribution in [0.25, 0.3) is 0 Å². The first-order valence-electron chi connectivity index (χ1n) is 8.22. The van der Waals surface area contributed by atoms with E-state index in [9.17, 15) is 0 Å². The number of halogens is 2. The Labute approximate surface area is 153 Å². The molecule has 0 spiro atoms. The Hall–Kier alpha value is -1.26. The van der Waals surface area contributed by atoms with E-state index < -0.39 is 0 Å². The molecular formula is C19H22Cl2N2O. The molecule has 0 radical (unpaired) electrons. The molecule has 1 aliphatic heterocycles. The van der Waals surface area contributed by atoms with Crippen LogP contribution in [0.4, 0.5) is 0 Å². The molecule has 0 aromatic heterocycles. The van der Waals surface area contributed by atoms with Crippen molar-refractivity contribution >= 4 is 23.2 Å². The smallest absolute Gasteiger partial charge is 0.118 e. The second kappa shape index (κ2) is 8.21. The van der Waals surface area contributed by atoms with Crippen molar-refractivity contribution in [3.63, 3.8) is 0 Å². The van der Waals surface area contributed by atoms with E-state index >= 15 is 0 Å². The van der Waals surface area contributed by atoms with Crippen molar-refractivity contribution in [2.24, 2.45) is 0 Å². The Morgan fingerprint density at radius 3 is 2.54 bits per heavy atom. The Morgan fingerprint density at radius 1 is 1.04 bits per heavy atom. The summed E-state index contributed by atoms with van der Waals surface area (Å²) in [7, 11) is 1.68. The van der Waals surface area contributed by atoms with Crippen molar-refractivity contribution in [2.45, 2.75) is 12.5 Å². The number of nitrogens with zero attached hydrogens (tertiary/aromatic N) is 1. The summed E-state index contributed by atoms with van der Waals surface area (Å²) in [4.78, 5) is 2.48. The third-order valence-electron chi connectivity index (χ3n) is 4.43. The summed E-state index contributed by atoms with van der Waals surface area (Å²) >= 11 is 12.6. The lowest BCUT2D eigenvalue weighted by Gasteiger charge is -2.32. The quantitative estimate of drug-likeness (QED) is 0.870. The van der Waals surface area contributed by atoms with E-state index in [-0.39, 0.29) is 6.04 Å². The topological polar surface area (TPSA) is 24.5 Å². The molecule has 3 nitrogen and oxygen atoms in total. The molecule has 1 saturated heterocycles. The summed E-state index contributed by atoms with van der Waals surface area (Å²) in [5, 5.41) is 4.83. The van der Waals surface area contributed by atoms with Gasteiger partial charge in [0.15, 0.2) is 0 Å². The average molecular weight is 365 g/mol. The first-order chi connectivity index (χ1) is 11.7. The van der Waals surface area contributed by atoms with E-state index in [1.165, 1.54) is 5.56 Å². The number of methoxy groups -OCH3 is 1. The Balaban J connectivity index is 2.01. The normalized spacial score (nSPS) is 17.3. The molecule has 3 rings (SSSR count). The van der Waals surface area contributed by atoms with Gasteiger partial charge in [-0.25, -0.2) is 0 Å². The molecule has 1 heterocycles. The number of benzene rings is 2. The molecule has 1 aliphatic rings. The molecule has 1 atom stereocenters. The van der Waals surface area contributed by atoms with Gasteiger partial charge in [0.1, 0.15) is 5.75 Å². The van der Waals surface area contributed by atoms with Crippen molar-refractivity contribution in [1.29, 1.82) is 0 Å². The molecule has 1 unspecified atom stereocenters. The van der Waals surface area contributed by atoms with E-state index in [0.717, 1.165) is 43.9 Å². The van der Waals surface area contributed by atoms with Gasteiger partial charge in [0, 0.05) is 29.7 Å². The monoisotopic (exact) mass is 364 g/mol. The minimum absolute atomic E-state index is 0.112. The minimum atomic E-state index is 0.112. The molecule has 24 heavy (non-hydrogen) atoms. The van der Waals surface area contributed by atoms with Crippen LogP contribution in [-0.2, 0) is 0 Å². The first kappa shape index (κ1) is 17.6. The zero-order chi connectivity index (χ0) is 16.9. The van der Waals surface area contributed by atoms with Gasteiger partial charge in [-0.1, -0.05) is 41.4 Å². The van der Waals surface area contributed by atoms with Crippen LogP contribution in [0.15, 0.2) is 42.5 Å². The maximum atomic E-state index is 6.54. The van der Waals surface area contributed by atoms with Gasteiger partial charge in [-0.15, -0.1) is 0 Å². The second-order valence-electron chi connectivity index (χ2n) is 5.98. The predicted molar refractivity (Wildman–Crippen MR) is 100 cm³/mol. The Bertz CT molecular complexity index is 668. The van der Waals surface area contributed by atoms with E-state index in [4.69, 9.17) is 27.9 Å². The van der Waals surface area contributed by atoms with Crippen LogP contribution in [0.3, 0.4) is 0 Å². The zero-order valence-electron chi connectivity index (χ0n) is 13.8. The number of hydrogen-bond donors (Lipinski definition) is 1. The molecule has 128 valence electrons. The standard InChI is InChI=1S/C19H22Cl2N2O/c1-24-16-6-3-14(4-7-16)19(23-11-2-9-22-10-12-23)17-8-5-15(20)13-18(17)21/h3-8,13,19,22H,2,9-12H2,1H3. The highest BCUT2D eigenvalue weighted by Crippen LogP contribution is 2.35. The van der Waals surface area contributed by atoms with Gasteiger partial charge in [0.2, 0.25) is 0 Å². The maximum Gasteiger partial charge on any atom is 0.118 e. The third kappa shape index (κ3) is 4.04. The Morgan fingerprint density at radius 2 is 1.83 bits per heavy atom. The van der Waals surface area contributed by atoms with E-state index in [1.54, 1.807) is 7.11 Å². The van der Waals surface area contributed by atoms with Crippen molar-refractivity contribution in [3.05, 3.63) is 63.6 Å². The summed E-state index contributed by atoms with van der Waals surface area (Å²) in [6.45, 7) is 4.05. The van der Waals surface area contributed by atoms with Crippen LogP contribution in [0.2, 0.25) is 10.0 Å². The number of nitrogens with one attached hydrogen (secondary N) is 1. The molecule has 0 bridgehead atoms. The second-order valence-corrected chi connectivity index (χ2v) is 6.82. The molecule has 1 N–H and O–H groups in total. The summed E-state index contributed by atoms with van der Waals surface area (Å²) in [5.74, 6) is 0.859. The summed E-state index contributed by atoms with van der Waals surface area (Å²) < 4.78 is 5.29. The molecule has 1 fully saturated rings. The fourth-order valence-corrected chi connectivity index (χ4v) is 3.73. The van der Waals surface area contributed by atoms with Crippen LogP contribution in [-0.4, -0.2) is 38.2 Å². The lowest BCUT2D eigenvalue weighted by atomic mass is 9.96. The third-order valence-corrected chi connectivity index (χ3v) is 4.99. The van der Waals surface area contributed by atoms with Crippen molar-refractivity contribution in [1.82, 2.24) is 10.2 Å². The van der Waals surface area contributed by atoms with Gasteiger partial charge < -0.3 is 10.1 Å². The molecule has 2 aromatic carbocycles. The highest BCUT2D eigenvalue weighted by molar-refractivity contribution is 6.35. The largest absolute Gasteiger partial charge is 0.497 e. The fourth-order valence-electron chi connectivity index (χ4n) is 3.22. The highest BCUT2D eigenvalue weighted by atomic mass is 35.5. The minimum Gasteiger partial charge on any atom is -0.497 e. The van der Waals surface area contributed by atoms with Crippen LogP contribution >= 0.6 is 23.2 Å². The molecule has 2 aromatic rings. The maximum absolute atomic E-state index is 6.54. The zero-order valence-corrected chi connectivity index (χ0v) is 15.3. The van der Waals surface area contributed by atoms with Crippen LogP contribution < -0.4 is 10.1 Å². The van der Waals surface area contributed by atoms with Gasteiger partial charge >= 0.3 is 0 Å². The highest BCUT2D eigenvalue weighted by Gasteiger charge is 2.25. The molecular weight excluding hydrogens is 343 g/mol. The van der Waals surface area contributed by atoms with Crippen LogP contribution in [0.5, 0.6) is 5.75 Å². The van der Waals surface area contributed by atoms with Crippen molar-refractivity contribution < 1.29 is 4.74 Å². The lowest BCUT2D eigenvalue weighted by molar-refractivity contribution is 0.241. The Kier molecular flexibility index (Phi) is 6.01. The van der Waals surface area contributed by atoms with Gasteiger partial charge in [0.25, 0.3) is 0 Å². The van der Waals surface area contributed by atoms with Crippen LogP contribution in [0.1, 0.15) is 23.6 Å². The van der Waals surface area contributed by atoms with E-state index in [2.05, 4.69) is 22.3 Å². The summed E-state index contributed by atoms with van der Waals surface area (Å²) in [6.07, 6.45) is 1.12. The van der Waals surface area contributed by atoms with Crippen LogP contribution in [0, 0.1) is 0 Å². The average Bonchev–Trinajstić information content (AvgIpc) is 2.87. The van der Waals surface area contributed by atoms with Gasteiger partial charge in [-0.05, 0) is 48.4 Å². The predicted octanol–water partition coefficient (Wildman–Crippen LogP) is 4.39. The molecule has 0 aliphatic carbocycles. The lowest BCUT2D eigenvalue weighted by Crippen LogP contribution is -2.33.